The smallest absolute Gasteiger partial charge is 0.251 e. The van der Waals surface area contributed by atoms with Crippen LogP contribution in [0, 0.1) is 0 Å². The van der Waals surface area contributed by atoms with Crippen molar-refractivity contribution in [2.24, 2.45) is 0 Å². The van der Waals surface area contributed by atoms with E-state index in [2.05, 4.69) is 25.3 Å². The Hall–Kier alpha value is -2.41. The van der Waals surface area contributed by atoms with Crippen molar-refractivity contribution in [3.63, 3.8) is 0 Å². The number of nitrogens with one attached hydrogen (secondary N) is 2. The Balaban J connectivity index is 2.12. The second-order valence-corrected chi connectivity index (χ2v) is 4.94. The summed E-state index contributed by atoms with van der Waals surface area (Å²) >= 11 is 1.30. The van der Waals surface area contributed by atoms with E-state index < -0.39 is 0 Å². The van der Waals surface area contributed by atoms with Crippen LogP contribution < -0.4 is 10.9 Å². The van der Waals surface area contributed by atoms with E-state index in [9.17, 15) is 4.79 Å². The van der Waals surface area contributed by atoms with E-state index in [1.54, 1.807) is 7.05 Å². The van der Waals surface area contributed by atoms with Crippen molar-refractivity contribution in [3.05, 3.63) is 46.9 Å². The molecule has 0 spiro atoms. The highest BCUT2D eigenvalue weighted by atomic mass is 32.2. The van der Waals surface area contributed by atoms with Crippen LogP contribution in [0.2, 0.25) is 0 Å². The van der Waals surface area contributed by atoms with Gasteiger partial charge in [-0.2, -0.15) is 0 Å². The zero-order valence-electron chi connectivity index (χ0n) is 10.6. The molecule has 0 aliphatic rings. The molecule has 0 bridgehead atoms. The van der Waals surface area contributed by atoms with Gasteiger partial charge in [0.25, 0.3) is 5.56 Å². The monoisotopic (exact) mass is 285 g/mol. The number of aromatic amines is 1. The second kappa shape index (κ2) is 5.30. The van der Waals surface area contributed by atoms with Crippen molar-refractivity contribution in [1.29, 1.82) is 0 Å². The van der Waals surface area contributed by atoms with E-state index in [-0.39, 0.29) is 5.56 Å². The highest BCUT2D eigenvalue weighted by Gasteiger charge is 2.09. The molecule has 0 aliphatic carbocycles. The molecule has 3 aromatic rings. The Bertz CT molecular complexity index is 817. The number of para-hydroxylation sites is 1. The Morgan fingerprint density at radius 2 is 2.05 bits per heavy atom. The summed E-state index contributed by atoms with van der Waals surface area (Å²) in [6, 6.07) is 9.09. The molecule has 0 saturated heterocycles. The van der Waals surface area contributed by atoms with Crippen LogP contribution in [0.3, 0.4) is 0 Å². The van der Waals surface area contributed by atoms with Gasteiger partial charge in [-0.05, 0) is 17.8 Å². The lowest BCUT2D eigenvalue weighted by Crippen LogP contribution is -2.05. The fourth-order valence-corrected chi connectivity index (χ4v) is 2.60. The van der Waals surface area contributed by atoms with E-state index in [1.807, 2.05) is 24.3 Å². The van der Waals surface area contributed by atoms with Gasteiger partial charge in [-0.3, -0.25) is 4.79 Å². The number of nitrogens with zero attached hydrogens (tertiary/aromatic N) is 3. The molecule has 0 fully saturated rings. The highest BCUT2D eigenvalue weighted by molar-refractivity contribution is 7.99. The number of hydrogen-bond acceptors (Lipinski definition) is 6. The Morgan fingerprint density at radius 3 is 2.85 bits per heavy atom. The summed E-state index contributed by atoms with van der Waals surface area (Å²) in [5.74, 6) is 0.532. The van der Waals surface area contributed by atoms with Crippen molar-refractivity contribution < 1.29 is 0 Å². The largest absolute Gasteiger partial charge is 0.357 e. The number of benzene rings is 1. The van der Waals surface area contributed by atoms with Crippen molar-refractivity contribution in [3.8, 4) is 0 Å². The topological polar surface area (TPSA) is 83.6 Å². The molecule has 7 heteroatoms. The lowest BCUT2D eigenvalue weighted by molar-refractivity contribution is 0.932. The number of H-pyrrole nitrogens is 1. The van der Waals surface area contributed by atoms with Gasteiger partial charge in [-0.15, -0.1) is 0 Å². The number of anilines is 1. The van der Waals surface area contributed by atoms with E-state index in [1.165, 1.54) is 24.0 Å². The zero-order valence-corrected chi connectivity index (χ0v) is 11.4. The predicted molar refractivity (Wildman–Crippen MR) is 78.1 cm³/mol. The van der Waals surface area contributed by atoms with Gasteiger partial charge >= 0.3 is 0 Å². The van der Waals surface area contributed by atoms with Crippen molar-refractivity contribution >= 4 is 28.6 Å². The van der Waals surface area contributed by atoms with Gasteiger partial charge in [0, 0.05) is 24.7 Å². The molecule has 1 aromatic carbocycles. The van der Waals surface area contributed by atoms with Crippen LogP contribution in [0.1, 0.15) is 0 Å². The van der Waals surface area contributed by atoms with Gasteiger partial charge in [-0.1, -0.05) is 18.2 Å². The SMILES string of the molecule is CNc1nc(Sc2nccc(=O)[nH]2)c2ccccc2n1. The maximum absolute atomic E-state index is 11.3. The second-order valence-electron chi connectivity index (χ2n) is 3.96. The molecule has 3 rings (SSSR count). The van der Waals surface area contributed by atoms with Crippen LogP contribution >= 0.6 is 11.8 Å². The summed E-state index contributed by atoms with van der Waals surface area (Å²) in [7, 11) is 1.77. The lowest BCUT2D eigenvalue weighted by Gasteiger charge is -2.07. The van der Waals surface area contributed by atoms with E-state index in [0.717, 1.165) is 15.9 Å². The van der Waals surface area contributed by atoms with Crippen LogP contribution in [-0.2, 0) is 0 Å². The third-order valence-electron chi connectivity index (χ3n) is 2.63. The molecule has 0 saturated carbocycles. The van der Waals surface area contributed by atoms with Crippen LogP contribution in [0.5, 0.6) is 0 Å². The fourth-order valence-electron chi connectivity index (χ4n) is 1.73. The van der Waals surface area contributed by atoms with Gasteiger partial charge in [0.2, 0.25) is 5.95 Å². The molecule has 2 N–H and O–H groups in total. The molecular weight excluding hydrogens is 274 g/mol. The molecule has 100 valence electrons. The average Bonchev–Trinajstić information content (AvgIpc) is 2.47. The summed E-state index contributed by atoms with van der Waals surface area (Å²) in [6.07, 6.45) is 1.48. The number of aromatic nitrogens is 4. The maximum Gasteiger partial charge on any atom is 0.251 e. The lowest BCUT2D eigenvalue weighted by atomic mass is 10.2. The maximum atomic E-state index is 11.3. The van der Waals surface area contributed by atoms with Gasteiger partial charge in [-0.25, -0.2) is 15.0 Å². The summed E-state index contributed by atoms with van der Waals surface area (Å²) in [6.45, 7) is 0. The molecule has 0 unspecified atom stereocenters. The first kappa shape index (κ1) is 12.6. The van der Waals surface area contributed by atoms with Crippen LogP contribution in [0.4, 0.5) is 5.95 Å². The molecule has 2 heterocycles. The quantitative estimate of drug-likeness (QED) is 0.565. The first-order chi connectivity index (χ1) is 9.76. The molecule has 6 nitrogen and oxygen atoms in total. The van der Waals surface area contributed by atoms with Crippen LogP contribution in [0.15, 0.2) is 51.5 Å². The minimum absolute atomic E-state index is 0.185. The zero-order chi connectivity index (χ0) is 13.9. The Kier molecular flexibility index (Phi) is 3.34. The molecule has 20 heavy (non-hydrogen) atoms. The van der Waals surface area contributed by atoms with E-state index >= 15 is 0 Å². The van der Waals surface area contributed by atoms with Crippen molar-refractivity contribution in [2.45, 2.75) is 10.2 Å². The predicted octanol–water partition coefficient (Wildman–Crippen LogP) is 1.91. The minimum atomic E-state index is -0.185. The molecule has 0 radical (unpaired) electrons. The van der Waals surface area contributed by atoms with Gasteiger partial charge in [0.05, 0.1) is 5.52 Å². The molecular formula is C13H11N5OS. The van der Waals surface area contributed by atoms with E-state index in [4.69, 9.17) is 0 Å². The van der Waals surface area contributed by atoms with Gasteiger partial charge in [0.15, 0.2) is 5.16 Å². The number of fused-ring (bicyclic) bond motifs is 1. The van der Waals surface area contributed by atoms with Gasteiger partial charge in [0.1, 0.15) is 5.03 Å². The van der Waals surface area contributed by atoms with Crippen LogP contribution in [-0.4, -0.2) is 27.0 Å². The number of rotatable bonds is 3. The third kappa shape index (κ3) is 2.48. The molecule has 0 amide bonds. The fraction of sp³-hybridized carbons (Fsp3) is 0.0769. The van der Waals surface area contributed by atoms with Gasteiger partial charge < -0.3 is 10.3 Å². The normalized spacial score (nSPS) is 10.7. The number of hydrogen-bond donors (Lipinski definition) is 2. The third-order valence-corrected chi connectivity index (χ3v) is 3.54. The Morgan fingerprint density at radius 1 is 1.20 bits per heavy atom. The van der Waals surface area contributed by atoms with E-state index in [0.29, 0.717) is 11.1 Å². The molecule has 0 atom stereocenters. The summed E-state index contributed by atoms with van der Waals surface area (Å²) in [4.78, 5) is 26.9. The average molecular weight is 285 g/mol. The summed E-state index contributed by atoms with van der Waals surface area (Å²) < 4.78 is 0. The standard InChI is InChI=1S/C13H11N5OS/c1-14-12-16-9-5-3-2-4-8(9)11(18-12)20-13-15-7-6-10(19)17-13/h2-7H,1H3,(H,14,16,18)(H,15,17,19). The summed E-state index contributed by atoms with van der Waals surface area (Å²) in [5.41, 5.74) is 0.655. The summed E-state index contributed by atoms with van der Waals surface area (Å²) in [5, 5.41) is 5.10. The Labute approximate surface area is 118 Å². The van der Waals surface area contributed by atoms with Crippen molar-refractivity contribution in [1.82, 2.24) is 19.9 Å². The highest BCUT2D eigenvalue weighted by Crippen LogP contribution is 2.29. The first-order valence-electron chi connectivity index (χ1n) is 5.94. The molecule has 0 aliphatic heterocycles. The molecule has 2 aromatic heterocycles. The van der Waals surface area contributed by atoms with Crippen molar-refractivity contribution in [2.75, 3.05) is 12.4 Å². The van der Waals surface area contributed by atoms with Crippen LogP contribution in [0.25, 0.3) is 10.9 Å². The minimum Gasteiger partial charge on any atom is -0.357 e. The first-order valence-corrected chi connectivity index (χ1v) is 6.75.